The van der Waals surface area contributed by atoms with Crippen LogP contribution in [0, 0.1) is 0 Å². The number of benzene rings is 2. The van der Waals surface area contributed by atoms with E-state index in [0.717, 1.165) is 28.7 Å². The van der Waals surface area contributed by atoms with Gasteiger partial charge >= 0.3 is 12.1 Å². The van der Waals surface area contributed by atoms with Gasteiger partial charge in [-0.05, 0) is 28.7 Å². The fourth-order valence-electron chi connectivity index (χ4n) is 4.49. The molecule has 1 aliphatic rings. The van der Waals surface area contributed by atoms with Gasteiger partial charge in [0.05, 0.1) is 0 Å². The number of nitrogens with zero attached hydrogens (tertiary/aromatic N) is 2. The molecule has 4 rings (SSSR count). The van der Waals surface area contributed by atoms with Crippen molar-refractivity contribution in [2.75, 3.05) is 11.9 Å². The van der Waals surface area contributed by atoms with Crippen LogP contribution < -0.4 is 10.6 Å². The lowest BCUT2D eigenvalue weighted by atomic mass is 9.98. The molecule has 9 heteroatoms. The van der Waals surface area contributed by atoms with Crippen LogP contribution in [0.15, 0.2) is 54.6 Å². The van der Waals surface area contributed by atoms with Crippen molar-refractivity contribution in [3.05, 3.63) is 71.4 Å². The molecule has 3 aromatic rings. The van der Waals surface area contributed by atoms with Gasteiger partial charge in [0.2, 0.25) is 5.91 Å². The lowest BCUT2D eigenvalue weighted by Gasteiger charge is -2.19. The molecule has 35 heavy (non-hydrogen) atoms. The van der Waals surface area contributed by atoms with Crippen molar-refractivity contribution in [1.29, 1.82) is 0 Å². The molecule has 0 saturated heterocycles. The lowest BCUT2D eigenvalue weighted by Crippen LogP contribution is -2.38. The van der Waals surface area contributed by atoms with Crippen LogP contribution in [-0.2, 0) is 16.6 Å². The van der Waals surface area contributed by atoms with E-state index in [-0.39, 0.29) is 36.4 Å². The second-order valence-electron chi connectivity index (χ2n) is 8.55. The fraction of sp³-hybridized carbons (Fsp3) is 0.308. The number of aryl methyl sites for hydroxylation is 1. The van der Waals surface area contributed by atoms with Crippen molar-refractivity contribution in [3.8, 4) is 11.1 Å². The Morgan fingerprint density at radius 2 is 1.71 bits per heavy atom. The smallest absolute Gasteiger partial charge is 0.407 e. The minimum Gasteiger partial charge on any atom is -0.476 e. The van der Waals surface area contributed by atoms with Gasteiger partial charge in [0, 0.05) is 31.5 Å². The van der Waals surface area contributed by atoms with Crippen molar-refractivity contribution < 1.29 is 24.2 Å². The Bertz CT molecular complexity index is 1210. The van der Waals surface area contributed by atoms with Crippen LogP contribution >= 0.6 is 0 Å². The van der Waals surface area contributed by atoms with E-state index in [1.807, 2.05) is 31.2 Å². The molecule has 0 aliphatic heterocycles. The summed E-state index contributed by atoms with van der Waals surface area (Å²) in [4.78, 5) is 36.3. The van der Waals surface area contributed by atoms with Crippen LogP contribution in [0.3, 0.4) is 0 Å². The molecule has 9 nitrogen and oxygen atoms in total. The van der Waals surface area contributed by atoms with Crippen LogP contribution in [-0.4, -0.2) is 45.5 Å². The second-order valence-corrected chi connectivity index (χ2v) is 8.55. The van der Waals surface area contributed by atoms with Crippen LogP contribution in [0.5, 0.6) is 0 Å². The maximum Gasteiger partial charge on any atom is 0.407 e. The van der Waals surface area contributed by atoms with E-state index in [0.29, 0.717) is 6.42 Å². The summed E-state index contributed by atoms with van der Waals surface area (Å²) in [5.74, 6) is -1.32. The number of alkyl carbamates (subject to hydrolysis) is 1. The van der Waals surface area contributed by atoms with Crippen LogP contribution in [0.25, 0.3) is 11.1 Å². The summed E-state index contributed by atoms with van der Waals surface area (Å²) in [7, 11) is 1.54. The molecule has 1 atom stereocenters. The average molecular weight is 477 g/mol. The Morgan fingerprint density at radius 3 is 2.29 bits per heavy atom. The van der Waals surface area contributed by atoms with E-state index in [1.165, 1.54) is 10.7 Å². The molecule has 1 aromatic heterocycles. The van der Waals surface area contributed by atoms with Gasteiger partial charge in [0.1, 0.15) is 12.4 Å². The van der Waals surface area contributed by atoms with E-state index in [4.69, 9.17) is 9.84 Å². The quantitative estimate of drug-likeness (QED) is 0.426. The Kier molecular flexibility index (Phi) is 7.14. The number of aromatic nitrogens is 2. The van der Waals surface area contributed by atoms with E-state index < -0.39 is 18.1 Å². The van der Waals surface area contributed by atoms with Crippen molar-refractivity contribution in [2.45, 2.75) is 38.1 Å². The fourth-order valence-corrected chi connectivity index (χ4v) is 4.49. The molecule has 2 aromatic carbocycles. The highest BCUT2D eigenvalue weighted by molar-refractivity contribution is 5.93. The number of rotatable bonds is 9. The predicted molar refractivity (Wildman–Crippen MR) is 130 cm³/mol. The highest BCUT2D eigenvalue weighted by atomic mass is 16.5. The number of aromatic carboxylic acids is 1. The normalized spacial score (nSPS) is 13.0. The van der Waals surface area contributed by atoms with Gasteiger partial charge in [-0.25, -0.2) is 9.59 Å². The molecular weight excluding hydrogens is 448 g/mol. The largest absolute Gasteiger partial charge is 0.476 e. The number of carboxylic acids is 1. The van der Waals surface area contributed by atoms with Gasteiger partial charge in [-0.1, -0.05) is 61.9 Å². The summed E-state index contributed by atoms with van der Waals surface area (Å²) >= 11 is 0. The van der Waals surface area contributed by atoms with E-state index >= 15 is 0 Å². The number of fused-ring (bicyclic) bond motifs is 3. The van der Waals surface area contributed by atoms with E-state index in [1.54, 1.807) is 7.05 Å². The summed E-state index contributed by atoms with van der Waals surface area (Å²) in [6, 6.07) is 17.1. The topological polar surface area (TPSA) is 123 Å². The Morgan fingerprint density at radius 1 is 1.09 bits per heavy atom. The van der Waals surface area contributed by atoms with Gasteiger partial charge in [0.25, 0.3) is 0 Å². The Hall–Kier alpha value is -4.14. The maximum atomic E-state index is 12.6. The average Bonchev–Trinajstić information content (AvgIpc) is 3.35. The zero-order valence-electron chi connectivity index (χ0n) is 19.7. The monoisotopic (exact) mass is 476 g/mol. The molecule has 1 unspecified atom stereocenters. The number of hydrogen-bond acceptors (Lipinski definition) is 5. The van der Waals surface area contributed by atoms with Gasteiger partial charge in [-0.2, -0.15) is 5.10 Å². The van der Waals surface area contributed by atoms with Crippen LogP contribution in [0.1, 0.15) is 53.7 Å². The zero-order valence-corrected chi connectivity index (χ0v) is 19.7. The summed E-state index contributed by atoms with van der Waals surface area (Å²) in [6.07, 6.45) is 0.790. The van der Waals surface area contributed by atoms with E-state index in [9.17, 15) is 14.4 Å². The first-order valence-corrected chi connectivity index (χ1v) is 11.6. The SMILES string of the molecule is CCCC(CC(=O)Nc1cc(C(=O)O)nn1C)NC(=O)OCC1c2ccccc2-c2ccccc21. The highest BCUT2D eigenvalue weighted by Gasteiger charge is 2.29. The molecule has 0 radical (unpaired) electrons. The van der Waals surface area contributed by atoms with E-state index in [2.05, 4.69) is 40.0 Å². The number of amides is 2. The molecule has 1 aliphatic carbocycles. The third kappa shape index (κ3) is 5.34. The zero-order chi connectivity index (χ0) is 24.9. The van der Waals surface area contributed by atoms with Crippen LogP contribution in [0.2, 0.25) is 0 Å². The number of anilines is 1. The lowest BCUT2D eigenvalue weighted by molar-refractivity contribution is -0.116. The number of ether oxygens (including phenoxy) is 1. The van der Waals surface area contributed by atoms with Crippen molar-refractivity contribution in [1.82, 2.24) is 15.1 Å². The van der Waals surface area contributed by atoms with Crippen molar-refractivity contribution >= 4 is 23.8 Å². The molecule has 0 bridgehead atoms. The van der Waals surface area contributed by atoms with Gasteiger partial charge in [-0.3, -0.25) is 9.48 Å². The van der Waals surface area contributed by atoms with Crippen molar-refractivity contribution in [3.63, 3.8) is 0 Å². The standard InChI is InChI=1S/C26H28N4O5/c1-3-8-16(13-24(31)28-23-14-22(25(32)33)29-30(23)2)27-26(34)35-15-21-19-11-6-4-9-17(19)18-10-5-7-12-20(18)21/h4-7,9-12,14,16,21H,3,8,13,15H2,1-2H3,(H,27,34)(H,28,31)(H,32,33). The third-order valence-electron chi connectivity index (χ3n) is 6.10. The number of nitrogens with one attached hydrogen (secondary N) is 2. The molecule has 2 amide bonds. The minimum absolute atomic E-state index is 0.0195. The predicted octanol–water partition coefficient (Wildman–Crippen LogP) is 4.15. The maximum absolute atomic E-state index is 12.6. The summed E-state index contributed by atoms with van der Waals surface area (Å²) in [5, 5.41) is 18.4. The number of carboxylic acid groups (broad SMARTS) is 1. The highest BCUT2D eigenvalue weighted by Crippen LogP contribution is 2.44. The summed E-state index contributed by atoms with van der Waals surface area (Å²) in [6.45, 7) is 2.16. The van der Waals surface area contributed by atoms with Crippen molar-refractivity contribution in [2.24, 2.45) is 7.05 Å². The first-order valence-electron chi connectivity index (χ1n) is 11.6. The van der Waals surface area contributed by atoms with Gasteiger partial charge in [0.15, 0.2) is 5.69 Å². The first kappa shape index (κ1) is 24.0. The molecule has 182 valence electrons. The second kappa shape index (κ2) is 10.4. The molecule has 0 saturated carbocycles. The summed E-state index contributed by atoms with van der Waals surface area (Å²) < 4.78 is 6.89. The number of carbonyl (C=O) groups is 3. The molecule has 0 fully saturated rings. The molecule has 0 spiro atoms. The molecule has 1 heterocycles. The molecule has 3 N–H and O–H groups in total. The summed E-state index contributed by atoms with van der Waals surface area (Å²) in [5.41, 5.74) is 4.40. The minimum atomic E-state index is -1.18. The Balaban J connectivity index is 1.35. The first-order chi connectivity index (χ1) is 16.9. The Labute approximate surface area is 203 Å². The third-order valence-corrected chi connectivity index (χ3v) is 6.10. The molecular formula is C26H28N4O5. The van der Waals surface area contributed by atoms with Gasteiger partial charge < -0.3 is 20.5 Å². The van der Waals surface area contributed by atoms with Gasteiger partial charge in [-0.15, -0.1) is 0 Å². The number of carbonyl (C=O) groups excluding carboxylic acids is 2. The van der Waals surface area contributed by atoms with Crippen LogP contribution in [0.4, 0.5) is 10.6 Å². The number of hydrogen-bond donors (Lipinski definition) is 3.